The van der Waals surface area contributed by atoms with Gasteiger partial charge in [0.15, 0.2) is 0 Å². The van der Waals surface area contributed by atoms with Crippen molar-refractivity contribution in [3.05, 3.63) is 54.1 Å². The molecule has 0 heterocycles. The summed E-state index contributed by atoms with van der Waals surface area (Å²) in [7, 11) is -2.14. The van der Waals surface area contributed by atoms with Gasteiger partial charge in [0.1, 0.15) is 11.5 Å². The summed E-state index contributed by atoms with van der Waals surface area (Å²) >= 11 is 0. The van der Waals surface area contributed by atoms with E-state index in [0.29, 0.717) is 12.4 Å². The minimum Gasteiger partial charge on any atom is -0.497 e. The first-order valence-electron chi connectivity index (χ1n) is 9.26. The zero-order valence-electron chi connectivity index (χ0n) is 16.8. The van der Waals surface area contributed by atoms with E-state index in [4.69, 9.17) is 9.47 Å². The van der Waals surface area contributed by atoms with Gasteiger partial charge in [-0.1, -0.05) is 12.1 Å². The van der Waals surface area contributed by atoms with Crippen LogP contribution in [0.25, 0.3) is 0 Å². The van der Waals surface area contributed by atoms with Crippen LogP contribution in [0.15, 0.2) is 53.4 Å². The van der Waals surface area contributed by atoms with E-state index in [2.05, 4.69) is 15.4 Å². The second-order valence-electron chi connectivity index (χ2n) is 6.20. The molecule has 0 spiro atoms. The smallest absolute Gasteiger partial charge is 0.315 e. The zero-order valence-corrected chi connectivity index (χ0v) is 17.6. The molecule has 2 aromatic carbocycles. The lowest BCUT2D eigenvalue weighted by atomic mass is 10.1. The monoisotopic (exact) mass is 421 g/mol. The maximum Gasteiger partial charge on any atom is 0.315 e. The maximum atomic E-state index is 12.2. The molecule has 9 heteroatoms. The van der Waals surface area contributed by atoms with Crippen LogP contribution >= 0.6 is 0 Å². The SMILES string of the molecule is CCOc1ccc(C(C)NC(=O)NCCNS(=O)(=O)c2ccc(OC)cc2)cc1. The highest BCUT2D eigenvalue weighted by Gasteiger charge is 2.14. The first kappa shape index (κ1) is 22.5. The Balaban J connectivity index is 1.75. The van der Waals surface area contributed by atoms with E-state index in [1.165, 1.54) is 19.2 Å². The van der Waals surface area contributed by atoms with Gasteiger partial charge in [-0.05, 0) is 55.8 Å². The highest BCUT2D eigenvalue weighted by atomic mass is 32.2. The average Bonchev–Trinajstić information content (AvgIpc) is 2.72. The van der Waals surface area contributed by atoms with Gasteiger partial charge in [-0.15, -0.1) is 0 Å². The molecule has 0 saturated carbocycles. The van der Waals surface area contributed by atoms with E-state index in [1.54, 1.807) is 12.1 Å². The van der Waals surface area contributed by atoms with Crippen LogP contribution in [-0.4, -0.2) is 41.3 Å². The molecule has 0 aliphatic rings. The third-order valence-corrected chi connectivity index (χ3v) is 5.59. The van der Waals surface area contributed by atoms with Gasteiger partial charge in [-0.2, -0.15) is 0 Å². The lowest BCUT2D eigenvalue weighted by molar-refractivity contribution is 0.238. The van der Waals surface area contributed by atoms with Gasteiger partial charge in [0.2, 0.25) is 10.0 Å². The molecule has 0 aliphatic carbocycles. The minimum absolute atomic E-state index is 0.0687. The van der Waals surface area contributed by atoms with Gasteiger partial charge in [-0.3, -0.25) is 0 Å². The molecule has 2 amide bonds. The number of nitrogens with one attached hydrogen (secondary N) is 3. The van der Waals surface area contributed by atoms with E-state index in [-0.39, 0.29) is 30.1 Å². The molecular weight excluding hydrogens is 394 g/mol. The first-order valence-corrected chi connectivity index (χ1v) is 10.7. The Hall–Kier alpha value is -2.78. The second kappa shape index (κ2) is 10.7. The number of urea groups is 1. The van der Waals surface area contributed by atoms with Crippen LogP contribution < -0.4 is 24.8 Å². The Labute approximate surface area is 171 Å². The number of benzene rings is 2. The van der Waals surface area contributed by atoms with Gasteiger partial charge < -0.3 is 20.1 Å². The van der Waals surface area contributed by atoms with Gasteiger partial charge in [-0.25, -0.2) is 17.9 Å². The fourth-order valence-corrected chi connectivity index (χ4v) is 3.58. The predicted octanol–water partition coefficient (Wildman–Crippen LogP) is 2.43. The number of hydrogen-bond donors (Lipinski definition) is 3. The molecule has 158 valence electrons. The Morgan fingerprint density at radius 2 is 1.62 bits per heavy atom. The number of hydrogen-bond acceptors (Lipinski definition) is 5. The summed E-state index contributed by atoms with van der Waals surface area (Å²) in [4.78, 5) is 12.2. The van der Waals surface area contributed by atoms with Crippen LogP contribution in [0.3, 0.4) is 0 Å². The Morgan fingerprint density at radius 1 is 1.00 bits per heavy atom. The number of carbonyl (C=O) groups is 1. The summed E-state index contributed by atoms with van der Waals surface area (Å²) < 4.78 is 37.3. The van der Waals surface area contributed by atoms with E-state index in [0.717, 1.165) is 11.3 Å². The molecule has 1 atom stereocenters. The minimum atomic E-state index is -3.65. The van der Waals surface area contributed by atoms with Crippen LogP contribution in [0.4, 0.5) is 4.79 Å². The van der Waals surface area contributed by atoms with Crippen molar-refractivity contribution >= 4 is 16.1 Å². The van der Waals surface area contributed by atoms with Gasteiger partial charge >= 0.3 is 6.03 Å². The van der Waals surface area contributed by atoms with Crippen molar-refractivity contribution in [2.24, 2.45) is 0 Å². The van der Waals surface area contributed by atoms with Gasteiger partial charge in [0, 0.05) is 13.1 Å². The van der Waals surface area contributed by atoms with Crippen molar-refractivity contribution in [3.8, 4) is 11.5 Å². The predicted molar refractivity (Wildman–Crippen MR) is 111 cm³/mol. The molecule has 29 heavy (non-hydrogen) atoms. The van der Waals surface area contributed by atoms with Crippen LogP contribution in [0, 0.1) is 0 Å². The molecule has 0 aliphatic heterocycles. The summed E-state index contributed by atoms with van der Waals surface area (Å²) in [6.07, 6.45) is 0. The standard InChI is InChI=1S/C20H27N3O5S/c1-4-28-18-7-5-16(6-8-18)15(2)23-20(24)21-13-14-22-29(25,26)19-11-9-17(27-3)10-12-19/h5-12,15,22H,4,13-14H2,1-3H3,(H2,21,23,24). The van der Waals surface area contributed by atoms with E-state index < -0.39 is 10.0 Å². The fourth-order valence-electron chi connectivity index (χ4n) is 2.55. The topological polar surface area (TPSA) is 106 Å². The van der Waals surface area contributed by atoms with Crippen LogP contribution in [0.5, 0.6) is 11.5 Å². The van der Waals surface area contributed by atoms with Crippen LogP contribution in [0.2, 0.25) is 0 Å². The molecule has 1 unspecified atom stereocenters. The molecular formula is C20H27N3O5S. The summed E-state index contributed by atoms with van der Waals surface area (Å²) in [6.45, 7) is 4.59. The highest BCUT2D eigenvalue weighted by Crippen LogP contribution is 2.17. The highest BCUT2D eigenvalue weighted by molar-refractivity contribution is 7.89. The number of carbonyl (C=O) groups excluding carboxylic acids is 1. The summed E-state index contributed by atoms with van der Waals surface area (Å²) in [6, 6.07) is 12.9. The number of sulfonamides is 1. The zero-order chi connectivity index (χ0) is 21.3. The van der Waals surface area contributed by atoms with Crippen LogP contribution in [-0.2, 0) is 10.0 Å². The van der Waals surface area contributed by atoms with Crippen molar-refractivity contribution in [3.63, 3.8) is 0 Å². The molecule has 0 bridgehead atoms. The summed E-state index contributed by atoms with van der Waals surface area (Å²) in [5.41, 5.74) is 0.934. The van der Waals surface area contributed by atoms with E-state index in [1.807, 2.05) is 38.1 Å². The average molecular weight is 422 g/mol. The number of ether oxygens (including phenoxy) is 2. The Kier molecular flexibility index (Phi) is 8.29. The number of rotatable bonds is 10. The first-order chi connectivity index (χ1) is 13.9. The van der Waals surface area contributed by atoms with Crippen LogP contribution in [0.1, 0.15) is 25.5 Å². The third kappa shape index (κ3) is 6.95. The summed E-state index contributed by atoms with van der Waals surface area (Å²) in [5, 5.41) is 5.44. The molecule has 0 fully saturated rings. The fraction of sp³-hybridized carbons (Fsp3) is 0.350. The van der Waals surface area contributed by atoms with Gasteiger partial charge in [0.25, 0.3) is 0 Å². The Morgan fingerprint density at radius 3 is 2.21 bits per heavy atom. The van der Waals surface area contributed by atoms with Crippen molar-refractivity contribution < 1.29 is 22.7 Å². The van der Waals surface area contributed by atoms with E-state index >= 15 is 0 Å². The lowest BCUT2D eigenvalue weighted by Gasteiger charge is -2.16. The van der Waals surface area contributed by atoms with Crippen molar-refractivity contribution in [2.45, 2.75) is 24.8 Å². The van der Waals surface area contributed by atoms with Crippen molar-refractivity contribution in [1.82, 2.24) is 15.4 Å². The van der Waals surface area contributed by atoms with E-state index in [9.17, 15) is 13.2 Å². The maximum absolute atomic E-state index is 12.2. The lowest BCUT2D eigenvalue weighted by Crippen LogP contribution is -2.41. The second-order valence-corrected chi connectivity index (χ2v) is 7.96. The normalized spacial score (nSPS) is 12.1. The molecule has 2 rings (SSSR count). The largest absolute Gasteiger partial charge is 0.497 e. The molecule has 3 N–H and O–H groups in total. The number of methoxy groups -OCH3 is 1. The Bertz CT molecular complexity index is 883. The quantitative estimate of drug-likeness (QED) is 0.511. The third-order valence-electron chi connectivity index (χ3n) is 4.11. The molecule has 0 saturated heterocycles. The molecule has 0 radical (unpaired) electrons. The summed E-state index contributed by atoms with van der Waals surface area (Å²) in [5.74, 6) is 1.35. The number of amides is 2. The van der Waals surface area contributed by atoms with Crippen molar-refractivity contribution in [2.75, 3.05) is 26.8 Å². The molecule has 8 nitrogen and oxygen atoms in total. The molecule has 2 aromatic rings. The van der Waals surface area contributed by atoms with Gasteiger partial charge in [0.05, 0.1) is 24.7 Å². The molecule has 0 aromatic heterocycles. The van der Waals surface area contributed by atoms with Crippen molar-refractivity contribution in [1.29, 1.82) is 0 Å².